The Hall–Kier alpha value is -1.61. The van der Waals surface area contributed by atoms with E-state index in [0.29, 0.717) is 6.04 Å². The molecule has 108 valence electrons. The fraction of sp³-hybridized carbons (Fsp3) is 0.471. The largest absolute Gasteiger partial charge is 0.342 e. The minimum atomic E-state index is 0.553. The lowest BCUT2D eigenvalue weighted by atomic mass is 10.1. The first-order valence-electron chi connectivity index (χ1n) is 7.41. The molecule has 1 aromatic heterocycles. The molecule has 3 heteroatoms. The molecule has 0 bridgehead atoms. The van der Waals surface area contributed by atoms with Crippen LogP contribution in [0.4, 0.5) is 0 Å². The maximum atomic E-state index is 4.48. The molecular weight excluding hydrogens is 246 g/mol. The Morgan fingerprint density at radius 1 is 1.20 bits per heavy atom. The zero-order valence-electron chi connectivity index (χ0n) is 13.0. The smallest absolute Gasteiger partial charge is 0.106 e. The van der Waals surface area contributed by atoms with Gasteiger partial charge in [-0.1, -0.05) is 26.0 Å². The van der Waals surface area contributed by atoms with E-state index in [-0.39, 0.29) is 0 Å². The normalized spacial score (nSPS) is 11.2. The first kappa shape index (κ1) is 14.8. The van der Waals surface area contributed by atoms with Crippen molar-refractivity contribution in [1.29, 1.82) is 0 Å². The van der Waals surface area contributed by atoms with Crippen LogP contribution in [-0.2, 0) is 6.42 Å². The molecule has 0 aliphatic rings. The molecule has 1 aromatic carbocycles. The highest BCUT2D eigenvalue weighted by Gasteiger charge is 2.04. The van der Waals surface area contributed by atoms with Gasteiger partial charge in [-0.3, -0.25) is 0 Å². The van der Waals surface area contributed by atoms with Crippen LogP contribution in [0.2, 0.25) is 0 Å². The van der Waals surface area contributed by atoms with Gasteiger partial charge in [0.15, 0.2) is 0 Å². The predicted molar refractivity (Wildman–Crippen MR) is 85.0 cm³/mol. The average Bonchev–Trinajstić information content (AvgIpc) is 2.86. The Balaban J connectivity index is 1.96. The number of benzene rings is 1. The summed E-state index contributed by atoms with van der Waals surface area (Å²) in [6.07, 6.45) is 4.04. The lowest BCUT2D eigenvalue weighted by Gasteiger charge is -2.06. The SMILES string of the molecule is Cc1ccc(-c2cnc(CCCNC(C)C)[nH]2)cc1C. The fourth-order valence-electron chi connectivity index (χ4n) is 2.19. The van der Waals surface area contributed by atoms with Gasteiger partial charge in [-0.2, -0.15) is 0 Å². The minimum Gasteiger partial charge on any atom is -0.342 e. The molecule has 0 saturated heterocycles. The summed E-state index contributed by atoms with van der Waals surface area (Å²) in [6.45, 7) is 9.67. The second-order valence-corrected chi connectivity index (χ2v) is 5.75. The van der Waals surface area contributed by atoms with Gasteiger partial charge in [-0.25, -0.2) is 4.98 Å². The van der Waals surface area contributed by atoms with Crippen molar-refractivity contribution in [2.75, 3.05) is 6.54 Å². The summed E-state index contributed by atoms with van der Waals surface area (Å²) < 4.78 is 0. The van der Waals surface area contributed by atoms with E-state index in [1.807, 2.05) is 6.20 Å². The topological polar surface area (TPSA) is 40.7 Å². The van der Waals surface area contributed by atoms with Gasteiger partial charge < -0.3 is 10.3 Å². The molecule has 3 nitrogen and oxygen atoms in total. The quantitative estimate of drug-likeness (QED) is 0.788. The van der Waals surface area contributed by atoms with Gasteiger partial charge in [0.1, 0.15) is 5.82 Å². The van der Waals surface area contributed by atoms with Gasteiger partial charge in [0, 0.05) is 12.5 Å². The Bertz CT molecular complexity index is 555. The van der Waals surface area contributed by atoms with Crippen molar-refractivity contribution >= 4 is 0 Å². The van der Waals surface area contributed by atoms with Gasteiger partial charge in [0.2, 0.25) is 0 Å². The summed E-state index contributed by atoms with van der Waals surface area (Å²) in [6, 6.07) is 7.09. The lowest BCUT2D eigenvalue weighted by Crippen LogP contribution is -2.24. The van der Waals surface area contributed by atoms with Crippen molar-refractivity contribution in [3.8, 4) is 11.3 Å². The van der Waals surface area contributed by atoms with E-state index in [2.05, 4.69) is 61.2 Å². The van der Waals surface area contributed by atoms with Crippen LogP contribution in [-0.4, -0.2) is 22.6 Å². The Morgan fingerprint density at radius 2 is 2.00 bits per heavy atom. The summed E-state index contributed by atoms with van der Waals surface area (Å²) >= 11 is 0. The number of H-pyrrole nitrogens is 1. The number of hydrogen-bond donors (Lipinski definition) is 2. The first-order chi connectivity index (χ1) is 9.56. The predicted octanol–water partition coefficient (Wildman–Crippen LogP) is 3.62. The maximum absolute atomic E-state index is 4.48. The molecule has 0 saturated carbocycles. The van der Waals surface area contributed by atoms with Crippen LogP contribution in [0, 0.1) is 13.8 Å². The Kier molecular flexibility index (Phi) is 4.96. The van der Waals surface area contributed by atoms with Crippen LogP contribution in [0.25, 0.3) is 11.3 Å². The summed E-state index contributed by atoms with van der Waals surface area (Å²) in [5.41, 5.74) is 4.97. The average molecular weight is 271 g/mol. The van der Waals surface area contributed by atoms with Crippen molar-refractivity contribution in [2.24, 2.45) is 0 Å². The van der Waals surface area contributed by atoms with Crippen LogP contribution >= 0.6 is 0 Å². The minimum absolute atomic E-state index is 0.553. The van der Waals surface area contributed by atoms with Crippen molar-refractivity contribution in [1.82, 2.24) is 15.3 Å². The summed E-state index contributed by atoms with van der Waals surface area (Å²) in [5.74, 6) is 1.07. The molecule has 0 radical (unpaired) electrons. The molecule has 0 atom stereocenters. The van der Waals surface area contributed by atoms with E-state index in [9.17, 15) is 0 Å². The van der Waals surface area contributed by atoms with Crippen LogP contribution in [0.1, 0.15) is 37.2 Å². The van der Waals surface area contributed by atoms with Crippen molar-refractivity contribution in [3.63, 3.8) is 0 Å². The van der Waals surface area contributed by atoms with Gasteiger partial charge >= 0.3 is 0 Å². The fourth-order valence-corrected chi connectivity index (χ4v) is 2.19. The van der Waals surface area contributed by atoms with Gasteiger partial charge in [0.25, 0.3) is 0 Å². The molecule has 2 rings (SSSR count). The van der Waals surface area contributed by atoms with E-state index in [0.717, 1.165) is 30.9 Å². The van der Waals surface area contributed by atoms with E-state index < -0.39 is 0 Å². The molecule has 0 aliphatic carbocycles. The summed E-state index contributed by atoms with van der Waals surface area (Å²) in [7, 11) is 0. The molecular formula is C17H25N3. The van der Waals surface area contributed by atoms with E-state index in [1.165, 1.54) is 16.7 Å². The van der Waals surface area contributed by atoms with Gasteiger partial charge in [0.05, 0.1) is 11.9 Å². The van der Waals surface area contributed by atoms with E-state index >= 15 is 0 Å². The summed E-state index contributed by atoms with van der Waals surface area (Å²) in [5, 5.41) is 3.43. The van der Waals surface area contributed by atoms with Crippen LogP contribution in [0.15, 0.2) is 24.4 Å². The summed E-state index contributed by atoms with van der Waals surface area (Å²) in [4.78, 5) is 7.90. The second kappa shape index (κ2) is 6.71. The molecule has 0 unspecified atom stereocenters. The van der Waals surface area contributed by atoms with Gasteiger partial charge in [-0.05, 0) is 49.6 Å². The second-order valence-electron chi connectivity index (χ2n) is 5.75. The third-order valence-corrected chi connectivity index (χ3v) is 3.59. The molecule has 0 aliphatic heterocycles. The van der Waals surface area contributed by atoms with Crippen molar-refractivity contribution in [3.05, 3.63) is 41.3 Å². The lowest BCUT2D eigenvalue weighted by molar-refractivity contribution is 0.567. The number of aryl methyl sites for hydroxylation is 3. The van der Waals surface area contributed by atoms with Crippen molar-refractivity contribution in [2.45, 2.75) is 46.6 Å². The molecule has 1 heterocycles. The molecule has 2 N–H and O–H groups in total. The van der Waals surface area contributed by atoms with Gasteiger partial charge in [-0.15, -0.1) is 0 Å². The van der Waals surface area contributed by atoms with Crippen molar-refractivity contribution < 1.29 is 0 Å². The Morgan fingerprint density at radius 3 is 2.70 bits per heavy atom. The number of aromatic amines is 1. The third kappa shape index (κ3) is 3.94. The van der Waals surface area contributed by atoms with Crippen LogP contribution in [0.5, 0.6) is 0 Å². The number of nitrogens with zero attached hydrogens (tertiary/aromatic N) is 1. The zero-order valence-corrected chi connectivity index (χ0v) is 13.0. The maximum Gasteiger partial charge on any atom is 0.106 e. The van der Waals surface area contributed by atoms with E-state index in [1.54, 1.807) is 0 Å². The number of aromatic nitrogens is 2. The third-order valence-electron chi connectivity index (χ3n) is 3.59. The molecule has 20 heavy (non-hydrogen) atoms. The Labute approximate surface area is 121 Å². The first-order valence-corrected chi connectivity index (χ1v) is 7.41. The molecule has 0 spiro atoms. The van der Waals surface area contributed by atoms with E-state index in [4.69, 9.17) is 0 Å². The number of imidazole rings is 1. The number of hydrogen-bond acceptors (Lipinski definition) is 2. The highest BCUT2D eigenvalue weighted by molar-refractivity contribution is 5.60. The van der Waals surface area contributed by atoms with Crippen LogP contribution in [0.3, 0.4) is 0 Å². The molecule has 0 fully saturated rings. The number of nitrogens with one attached hydrogen (secondary N) is 2. The number of rotatable bonds is 6. The highest BCUT2D eigenvalue weighted by atomic mass is 14.9. The molecule has 0 amide bonds. The monoisotopic (exact) mass is 271 g/mol. The zero-order chi connectivity index (χ0) is 14.5. The molecule has 2 aromatic rings. The standard InChI is InChI=1S/C17H25N3/c1-12(2)18-9-5-6-17-19-11-16(20-17)15-8-7-13(3)14(4)10-15/h7-8,10-12,18H,5-6,9H2,1-4H3,(H,19,20). The highest BCUT2D eigenvalue weighted by Crippen LogP contribution is 2.20. The van der Waals surface area contributed by atoms with Crippen LogP contribution < -0.4 is 5.32 Å².